The predicted octanol–water partition coefficient (Wildman–Crippen LogP) is 3.94. The molecule has 2 aromatic heterocycles. The molecule has 0 unspecified atom stereocenters. The summed E-state index contributed by atoms with van der Waals surface area (Å²) in [5.41, 5.74) is 3.58. The lowest BCUT2D eigenvalue weighted by Gasteiger charge is -2.32. The molecule has 26 heavy (non-hydrogen) atoms. The third-order valence-corrected chi connectivity index (χ3v) is 4.91. The second-order valence-corrected chi connectivity index (χ2v) is 7.10. The van der Waals surface area contributed by atoms with Gasteiger partial charge in [-0.05, 0) is 38.5 Å². The topological polar surface area (TPSA) is 50.5 Å². The molecule has 0 radical (unpaired) electrons. The average molecular weight is 358 g/mol. The number of piperidine rings is 1. The predicted molar refractivity (Wildman–Crippen MR) is 96.4 cm³/mol. The van der Waals surface area contributed by atoms with Gasteiger partial charge >= 0.3 is 0 Å². The Morgan fingerprint density at radius 2 is 1.85 bits per heavy atom. The molecular weight excluding hydrogens is 338 g/mol. The molecule has 7 heteroatoms. The van der Waals surface area contributed by atoms with Crippen LogP contribution in [0.25, 0.3) is 16.6 Å². The SMILES string of the molecule is CC(=O)c1cc(C)cc2c1nc(N1CCC(F)(F)CC1)n1cc(C)nc21. The lowest BCUT2D eigenvalue weighted by Crippen LogP contribution is -2.40. The fourth-order valence-corrected chi connectivity index (χ4v) is 3.59. The first kappa shape index (κ1) is 16.9. The fourth-order valence-electron chi connectivity index (χ4n) is 3.59. The summed E-state index contributed by atoms with van der Waals surface area (Å²) in [7, 11) is 0. The van der Waals surface area contributed by atoms with Crippen LogP contribution in [0.1, 0.15) is 41.4 Å². The largest absolute Gasteiger partial charge is 0.341 e. The molecule has 0 spiro atoms. The average Bonchev–Trinajstić information content (AvgIpc) is 2.95. The van der Waals surface area contributed by atoms with Gasteiger partial charge in [0.2, 0.25) is 5.95 Å². The number of aromatic nitrogens is 3. The number of carbonyl (C=O) groups is 1. The zero-order chi connectivity index (χ0) is 18.6. The van der Waals surface area contributed by atoms with E-state index in [4.69, 9.17) is 4.98 Å². The van der Waals surface area contributed by atoms with Crippen LogP contribution in [0.15, 0.2) is 18.3 Å². The third-order valence-electron chi connectivity index (χ3n) is 4.91. The summed E-state index contributed by atoms with van der Waals surface area (Å²) < 4.78 is 29.0. The van der Waals surface area contributed by atoms with Crippen LogP contribution in [0.4, 0.5) is 14.7 Å². The summed E-state index contributed by atoms with van der Waals surface area (Å²) >= 11 is 0. The van der Waals surface area contributed by atoms with E-state index in [2.05, 4.69) is 4.98 Å². The molecular formula is C19H20F2N4O. The summed E-state index contributed by atoms with van der Waals surface area (Å²) in [6.45, 7) is 5.77. The lowest BCUT2D eigenvalue weighted by atomic mass is 10.0. The van der Waals surface area contributed by atoms with Crippen molar-refractivity contribution in [1.29, 1.82) is 0 Å². The highest BCUT2D eigenvalue weighted by Gasteiger charge is 2.35. The normalized spacial score (nSPS) is 17.2. The van der Waals surface area contributed by atoms with E-state index in [-0.39, 0.29) is 31.7 Å². The lowest BCUT2D eigenvalue weighted by molar-refractivity contribution is -0.0222. The number of benzene rings is 1. The van der Waals surface area contributed by atoms with Gasteiger partial charge in [0.05, 0.1) is 11.2 Å². The smallest absolute Gasteiger partial charge is 0.251 e. The Morgan fingerprint density at radius 1 is 1.15 bits per heavy atom. The molecule has 3 heterocycles. The van der Waals surface area contributed by atoms with Crippen molar-refractivity contribution in [3.05, 3.63) is 35.2 Å². The molecule has 0 aliphatic carbocycles. The van der Waals surface area contributed by atoms with E-state index in [1.165, 1.54) is 6.92 Å². The number of alkyl halides is 2. The standard InChI is InChI=1S/C19H20F2N4O/c1-11-8-14(13(3)26)16-15(9-11)17-22-12(2)10-25(17)18(23-16)24-6-4-19(20,21)5-7-24/h8-10H,4-7H2,1-3H3. The summed E-state index contributed by atoms with van der Waals surface area (Å²) in [5.74, 6) is -2.14. The number of halogens is 2. The summed E-state index contributed by atoms with van der Waals surface area (Å²) in [4.78, 5) is 23.3. The van der Waals surface area contributed by atoms with Crippen LogP contribution in [-0.2, 0) is 0 Å². The Hall–Kier alpha value is -2.57. The number of rotatable bonds is 2. The van der Waals surface area contributed by atoms with E-state index in [1.807, 2.05) is 41.5 Å². The minimum Gasteiger partial charge on any atom is -0.341 e. The van der Waals surface area contributed by atoms with Crippen LogP contribution in [0.2, 0.25) is 0 Å². The number of aryl methyl sites for hydroxylation is 2. The van der Waals surface area contributed by atoms with Crippen LogP contribution < -0.4 is 4.90 Å². The molecule has 0 atom stereocenters. The van der Waals surface area contributed by atoms with Gasteiger partial charge in [-0.1, -0.05) is 0 Å². The van der Waals surface area contributed by atoms with Crippen molar-refractivity contribution < 1.29 is 13.6 Å². The Labute approximate surface area is 149 Å². The van der Waals surface area contributed by atoms with Crippen LogP contribution in [0.5, 0.6) is 0 Å². The highest BCUT2D eigenvalue weighted by molar-refractivity contribution is 6.09. The molecule has 1 aliphatic heterocycles. The van der Waals surface area contributed by atoms with E-state index >= 15 is 0 Å². The minimum absolute atomic E-state index is 0.0741. The fraction of sp³-hybridized carbons (Fsp3) is 0.421. The highest BCUT2D eigenvalue weighted by atomic mass is 19.3. The van der Waals surface area contributed by atoms with Crippen molar-refractivity contribution in [1.82, 2.24) is 14.4 Å². The van der Waals surface area contributed by atoms with E-state index in [9.17, 15) is 13.6 Å². The van der Waals surface area contributed by atoms with Gasteiger partial charge in [-0.2, -0.15) is 0 Å². The number of ketones is 1. The number of hydrogen-bond donors (Lipinski definition) is 0. The molecule has 136 valence electrons. The first-order chi connectivity index (χ1) is 12.2. The minimum atomic E-state index is -2.63. The summed E-state index contributed by atoms with van der Waals surface area (Å²) in [6.07, 6.45) is 1.46. The molecule has 1 fully saturated rings. The number of anilines is 1. The van der Waals surface area contributed by atoms with Gasteiger partial charge in [0.15, 0.2) is 5.78 Å². The summed E-state index contributed by atoms with van der Waals surface area (Å²) in [5, 5.41) is 0.800. The molecule has 1 aliphatic rings. The molecule has 5 nitrogen and oxygen atoms in total. The van der Waals surface area contributed by atoms with Gasteiger partial charge in [0.1, 0.15) is 5.65 Å². The van der Waals surface area contributed by atoms with Crippen LogP contribution in [-0.4, -0.2) is 39.2 Å². The zero-order valence-electron chi connectivity index (χ0n) is 15.0. The highest BCUT2D eigenvalue weighted by Crippen LogP contribution is 2.32. The van der Waals surface area contributed by atoms with E-state index in [0.29, 0.717) is 22.7 Å². The van der Waals surface area contributed by atoms with Crippen LogP contribution >= 0.6 is 0 Å². The van der Waals surface area contributed by atoms with Crippen molar-refractivity contribution in [3.8, 4) is 0 Å². The molecule has 1 saturated heterocycles. The second-order valence-electron chi connectivity index (χ2n) is 7.10. The number of fused-ring (bicyclic) bond motifs is 3. The van der Waals surface area contributed by atoms with Gasteiger partial charge in [-0.25, -0.2) is 18.7 Å². The van der Waals surface area contributed by atoms with E-state index in [0.717, 1.165) is 16.6 Å². The van der Waals surface area contributed by atoms with Crippen molar-refractivity contribution in [2.45, 2.75) is 39.5 Å². The van der Waals surface area contributed by atoms with Crippen LogP contribution in [0.3, 0.4) is 0 Å². The number of nitrogens with zero attached hydrogens (tertiary/aromatic N) is 4. The Balaban J connectivity index is 1.99. The quantitative estimate of drug-likeness (QED) is 0.651. The molecule has 0 saturated carbocycles. The number of imidazole rings is 1. The van der Waals surface area contributed by atoms with Gasteiger partial charge < -0.3 is 4.90 Å². The van der Waals surface area contributed by atoms with Crippen LogP contribution in [0, 0.1) is 13.8 Å². The van der Waals surface area contributed by atoms with Crippen molar-refractivity contribution in [3.63, 3.8) is 0 Å². The molecule has 1 aromatic carbocycles. The third kappa shape index (κ3) is 2.71. The number of hydrogen-bond acceptors (Lipinski definition) is 4. The zero-order valence-corrected chi connectivity index (χ0v) is 15.0. The first-order valence-corrected chi connectivity index (χ1v) is 8.69. The monoisotopic (exact) mass is 358 g/mol. The van der Waals surface area contributed by atoms with Gasteiger partial charge in [0.25, 0.3) is 5.92 Å². The Bertz CT molecular complexity index is 1030. The van der Waals surface area contributed by atoms with Gasteiger partial charge in [0, 0.05) is 43.1 Å². The Kier molecular flexibility index (Phi) is 3.71. The number of Topliss-reactive ketones (excluding diaryl/α,β-unsaturated/α-hetero) is 1. The maximum absolute atomic E-state index is 13.6. The van der Waals surface area contributed by atoms with Crippen molar-refractivity contribution >= 4 is 28.3 Å². The second kappa shape index (κ2) is 5.72. The molecule has 0 amide bonds. The molecule has 3 aromatic rings. The maximum atomic E-state index is 13.6. The van der Waals surface area contributed by atoms with E-state index in [1.54, 1.807) is 0 Å². The first-order valence-electron chi connectivity index (χ1n) is 8.69. The van der Waals surface area contributed by atoms with Gasteiger partial charge in [-0.3, -0.25) is 9.20 Å². The van der Waals surface area contributed by atoms with Crippen molar-refractivity contribution in [2.24, 2.45) is 0 Å². The molecule has 0 bridgehead atoms. The number of carbonyl (C=O) groups excluding carboxylic acids is 1. The molecule has 4 rings (SSSR count). The molecule has 0 N–H and O–H groups in total. The summed E-state index contributed by atoms with van der Waals surface area (Å²) in [6, 6.07) is 3.78. The maximum Gasteiger partial charge on any atom is 0.251 e. The van der Waals surface area contributed by atoms with E-state index < -0.39 is 5.92 Å². The van der Waals surface area contributed by atoms with Crippen molar-refractivity contribution in [2.75, 3.05) is 18.0 Å². The van der Waals surface area contributed by atoms with Gasteiger partial charge in [-0.15, -0.1) is 0 Å². The Morgan fingerprint density at radius 3 is 2.50 bits per heavy atom.